The molecule has 3 heterocycles. The van der Waals surface area contributed by atoms with Crippen LogP contribution in [0.3, 0.4) is 0 Å². The Hall–Kier alpha value is -3.51. The Morgan fingerprint density at radius 3 is 2.37 bits per heavy atom. The summed E-state index contributed by atoms with van der Waals surface area (Å²) in [6, 6.07) is 1.27. The van der Waals surface area contributed by atoms with Crippen LogP contribution in [-0.4, -0.2) is 80.7 Å². The molecule has 4 aliphatic rings. The van der Waals surface area contributed by atoms with E-state index >= 15 is 0 Å². The number of carboxylic acids is 1. The van der Waals surface area contributed by atoms with E-state index < -0.39 is 59.3 Å². The molecule has 14 heteroatoms. The molecule has 250 valence electrons. The predicted molar refractivity (Wildman–Crippen MR) is 168 cm³/mol. The van der Waals surface area contributed by atoms with E-state index in [2.05, 4.69) is 10.6 Å². The summed E-state index contributed by atoms with van der Waals surface area (Å²) in [4.78, 5) is 69.0. The molecule has 1 saturated heterocycles. The number of rotatable bonds is 3. The van der Waals surface area contributed by atoms with E-state index in [0.717, 1.165) is 30.4 Å². The molecule has 5 atom stereocenters. The number of benzene rings is 1. The van der Waals surface area contributed by atoms with Crippen molar-refractivity contribution in [2.24, 2.45) is 5.92 Å². The van der Waals surface area contributed by atoms with Crippen LogP contribution >= 0.6 is 23.2 Å². The number of carboxylic acid groups (broad SMARTS) is 1. The maximum absolute atomic E-state index is 14.1. The van der Waals surface area contributed by atoms with Crippen molar-refractivity contribution < 1.29 is 38.6 Å². The molecule has 1 aromatic rings. The van der Waals surface area contributed by atoms with Gasteiger partial charge in [-0.2, -0.15) is 0 Å². The summed E-state index contributed by atoms with van der Waals surface area (Å²) in [5.41, 5.74) is -0.604. The van der Waals surface area contributed by atoms with E-state index in [1.54, 1.807) is 32.9 Å². The van der Waals surface area contributed by atoms with Crippen molar-refractivity contribution in [1.82, 2.24) is 20.4 Å². The lowest BCUT2D eigenvalue weighted by atomic mass is 10.0. The smallest absolute Gasteiger partial charge is 0.410 e. The van der Waals surface area contributed by atoms with Crippen molar-refractivity contribution in [1.29, 1.82) is 0 Å². The van der Waals surface area contributed by atoms with Crippen molar-refractivity contribution >= 4 is 53.2 Å². The van der Waals surface area contributed by atoms with Gasteiger partial charge in [0.15, 0.2) is 0 Å². The van der Waals surface area contributed by atoms with Crippen LogP contribution in [0.15, 0.2) is 24.3 Å². The van der Waals surface area contributed by atoms with Gasteiger partial charge in [0.25, 0.3) is 0 Å². The summed E-state index contributed by atoms with van der Waals surface area (Å²) in [7, 11) is 0. The van der Waals surface area contributed by atoms with E-state index in [9.17, 15) is 29.1 Å². The molecule has 3 N–H and O–H groups in total. The normalized spacial score (nSPS) is 28.2. The van der Waals surface area contributed by atoms with Crippen molar-refractivity contribution in [3.05, 3.63) is 45.5 Å². The van der Waals surface area contributed by atoms with E-state index in [0.29, 0.717) is 22.9 Å². The molecule has 0 bridgehead atoms. The summed E-state index contributed by atoms with van der Waals surface area (Å²) in [5.74, 6) is -2.73. The highest BCUT2D eigenvalue weighted by atomic mass is 35.5. The second-order valence-corrected chi connectivity index (χ2v) is 14.3. The molecular weight excluding hydrogens is 639 g/mol. The second-order valence-electron chi connectivity index (χ2n) is 13.5. The van der Waals surface area contributed by atoms with Crippen LogP contribution in [0.4, 0.5) is 9.59 Å². The number of hydrogen-bond donors (Lipinski definition) is 3. The van der Waals surface area contributed by atoms with Gasteiger partial charge in [-0.25, -0.2) is 14.4 Å². The van der Waals surface area contributed by atoms with Gasteiger partial charge >= 0.3 is 18.2 Å². The minimum absolute atomic E-state index is 0.0445. The fourth-order valence-corrected chi connectivity index (χ4v) is 6.71. The Morgan fingerprint density at radius 2 is 1.74 bits per heavy atom. The molecule has 0 radical (unpaired) electrons. The SMILES string of the molecule is CC(C)(C)OC(=O)N[C@H]1CCCCCC=C[C@@H]2C[C@@]2(C(=O)O)NC(=O)[C@@H]2C[C@@H](OC(=O)N3Cc4cc(Cl)c(Cl)cc4C3)CN2C1=O. The third-order valence-corrected chi connectivity index (χ3v) is 9.52. The molecule has 4 amide bonds. The summed E-state index contributed by atoms with van der Waals surface area (Å²) in [6.45, 7) is 5.53. The zero-order valence-electron chi connectivity index (χ0n) is 26.1. The van der Waals surface area contributed by atoms with Crippen LogP contribution in [0.2, 0.25) is 10.0 Å². The highest BCUT2D eigenvalue weighted by Gasteiger charge is 2.61. The molecule has 0 unspecified atom stereocenters. The minimum atomic E-state index is -1.48. The van der Waals surface area contributed by atoms with Gasteiger partial charge < -0.3 is 30.1 Å². The molecular formula is C32H40Cl2N4O8. The predicted octanol–water partition coefficient (Wildman–Crippen LogP) is 4.79. The quantitative estimate of drug-likeness (QED) is 0.386. The highest BCUT2D eigenvalue weighted by Crippen LogP contribution is 2.45. The molecule has 1 aliphatic carbocycles. The van der Waals surface area contributed by atoms with Crippen molar-refractivity contribution in [3.63, 3.8) is 0 Å². The van der Waals surface area contributed by atoms with Crippen LogP contribution < -0.4 is 10.6 Å². The van der Waals surface area contributed by atoms with Crippen molar-refractivity contribution in [3.8, 4) is 0 Å². The van der Waals surface area contributed by atoms with Gasteiger partial charge in [0, 0.05) is 25.4 Å². The molecule has 1 saturated carbocycles. The molecule has 1 aromatic carbocycles. The third kappa shape index (κ3) is 7.54. The van der Waals surface area contributed by atoms with E-state index in [1.807, 2.05) is 12.2 Å². The largest absolute Gasteiger partial charge is 0.479 e. The maximum Gasteiger partial charge on any atom is 0.410 e. The van der Waals surface area contributed by atoms with Gasteiger partial charge in [0.2, 0.25) is 11.8 Å². The lowest BCUT2D eigenvalue weighted by molar-refractivity contribution is -0.145. The number of nitrogens with zero attached hydrogens (tertiary/aromatic N) is 2. The number of ether oxygens (including phenoxy) is 2. The van der Waals surface area contributed by atoms with Crippen LogP contribution in [0.5, 0.6) is 0 Å². The van der Waals surface area contributed by atoms with Gasteiger partial charge in [-0.15, -0.1) is 0 Å². The standard InChI is InChI=1S/C32H40Cl2N4O8/c1-31(2,3)46-29(43)35-24-10-8-6-4-5-7-9-20-14-32(20,28(41)42)36-26(39)25-13-21(17-38(25)27(24)40)45-30(44)37-15-18-11-22(33)23(34)12-19(18)16-37/h7,9,11-12,20-21,24-25H,4-6,8,10,13-17H2,1-3H3,(H,35,43)(H,36,39)(H,41,42)/t20-,21-,24+,25+,32-/m1/s1. The number of amides is 4. The van der Waals surface area contributed by atoms with E-state index in [4.69, 9.17) is 32.7 Å². The highest BCUT2D eigenvalue weighted by molar-refractivity contribution is 6.42. The van der Waals surface area contributed by atoms with Crippen molar-refractivity contribution in [2.45, 2.75) is 108 Å². The Morgan fingerprint density at radius 1 is 1.07 bits per heavy atom. The molecule has 3 aliphatic heterocycles. The Kier molecular flexibility index (Phi) is 9.79. The second kappa shape index (κ2) is 13.3. The number of carbonyl (C=O) groups is 5. The van der Waals surface area contributed by atoms with Gasteiger partial charge in [-0.1, -0.05) is 48.2 Å². The Labute approximate surface area is 277 Å². The van der Waals surface area contributed by atoms with Crippen LogP contribution in [0.1, 0.15) is 76.8 Å². The molecule has 0 spiro atoms. The maximum atomic E-state index is 14.1. The van der Waals surface area contributed by atoms with Crippen LogP contribution in [-0.2, 0) is 36.9 Å². The van der Waals surface area contributed by atoms with Crippen LogP contribution in [0, 0.1) is 5.92 Å². The number of carbonyl (C=O) groups excluding carboxylic acids is 4. The first-order chi connectivity index (χ1) is 21.7. The summed E-state index contributed by atoms with van der Waals surface area (Å²) >= 11 is 12.3. The number of halogens is 2. The first kappa shape index (κ1) is 33.8. The van der Waals surface area contributed by atoms with Crippen molar-refractivity contribution in [2.75, 3.05) is 6.54 Å². The number of fused-ring (bicyclic) bond motifs is 3. The number of alkyl carbamates (subject to hydrolysis) is 1. The zero-order valence-corrected chi connectivity index (χ0v) is 27.7. The summed E-state index contributed by atoms with van der Waals surface area (Å²) in [6.07, 6.45) is 4.91. The first-order valence-corrected chi connectivity index (χ1v) is 16.4. The molecule has 5 rings (SSSR count). The molecule has 2 fully saturated rings. The lowest BCUT2D eigenvalue weighted by Gasteiger charge is -2.30. The monoisotopic (exact) mass is 678 g/mol. The number of aliphatic carboxylic acids is 1. The fraction of sp³-hybridized carbons (Fsp3) is 0.594. The van der Waals surface area contributed by atoms with Gasteiger partial charge in [-0.3, -0.25) is 14.5 Å². The Bertz CT molecular complexity index is 1410. The Balaban J connectivity index is 1.37. The first-order valence-electron chi connectivity index (χ1n) is 15.6. The van der Waals surface area contributed by atoms with E-state index in [1.165, 1.54) is 9.80 Å². The minimum Gasteiger partial charge on any atom is -0.479 e. The van der Waals surface area contributed by atoms with Gasteiger partial charge in [0.05, 0.1) is 16.6 Å². The van der Waals surface area contributed by atoms with Gasteiger partial charge in [-0.05, 0) is 69.7 Å². The zero-order chi connectivity index (χ0) is 33.4. The number of allylic oxidation sites excluding steroid dienone is 1. The third-order valence-electron chi connectivity index (χ3n) is 8.80. The average Bonchev–Trinajstić information content (AvgIpc) is 3.27. The topological polar surface area (TPSA) is 155 Å². The van der Waals surface area contributed by atoms with E-state index in [-0.39, 0.29) is 38.4 Å². The summed E-state index contributed by atoms with van der Waals surface area (Å²) in [5, 5.41) is 16.2. The number of nitrogens with one attached hydrogen (secondary N) is 2. The molecule has 0 aromatic heterocycles. The fourth-order valence-electron chi connectivity index (χ4n) is 6.33. The summed E-state index contributed by atoms with van der Waals surface area (Å²) < 4.78 is 11.2. The molecule has 46 heavy (non-hydrogen) atoms. The number of hydrogen-bond acceptors (Lipinski definition) is 7. The van der Waals surface area contributed by atoms with Gasteiger partial charge in [0.1, 0.15) is 29.3 Å². The lowest BCUT2D eigenvalue weighted by Crippen LogP contribution is -2.56. The average molecular weight is 680 g/mol. The molecule has 12 nitrogen and oxygen atoms in total. The van der Waals surface area contributed by atoms with Crippen LogP contribution in [0.25, 0.3) is 0 Å².